The Morgan fingerprint density at radius 3 is 2.76 bits per heavy atom. The molecule has 11 heteroatoms. The van der Waals surface area contributed by atoms with Gasteiger partial charge in [0.1, 0.15) is 18.7 Å². The molecule has 2 amide bonds. The second kappa shape index (κ2) is 10.0. The molecule has 2 N–H and O–H groups in total. The molecule has 10 nitrogen and oxygen atoms in total. The van der Waals surface area contributed by atoms with Crippen molar-refractivity contribution in [1.82, 2.24) is 10.1 Å². The van der Waals surface area contributed by atoms with Gasteiger partial charge >= 0.3 is 6.09 Å². The third kappa shape index (κ3) is 4.99. The molecular weight excluding hydrogens is 437 g/mol. The highest BCUT2D eigenvalue weighted by atomic mass is 19.1. The molecule has 176 valence electrons. The van der Waals surface area contributed by atoms with Crippen LogP contribution in [0, 0.1) is 11.7 Å². The summed E-state index contributed by atoms with van der Waals surface area (Å²) in [5.74, 6) is -1.39. The quantitative estimate of drug-likeness (QED) is 0.605. The number of anilines is 1. The van der Waals surface area contributed by atoms with Gasteiger partial charge in [-0.2, -0.15) is 0 Å². The third-order valence-electron chi connectivity index (χ3n) is 5.63. The number of benzene rings is 1. The molecule has 2 aliphatic rings. The van der Waals surface area contributed by atoms with Crippen LogP contribution >= 0.6 is 0 Å². The van der Waals surface area contributed by atoms with Crippen molar-refractivity contribution >= 4 is 23.3 Å². The van der Waals surface area contributed by atoms with E-state index in [2.05, 4.69) is 9.68 Å². The van der Waals surface area contributed by atoms with Crippen molar-refractivity contribution in [2.24, 2.45) is 5.92 Å². The molecule has 1 aromatic carbocycles. The van der Waals surface area contributed by atoms with Crippen molar-refractivity contribution < 1.29 is 38.2 Å². The predicted molar refractivity (Wildman–Crippen MR) is 113 cm³/mol. The molecule has 1 aromatic heterocycles. The van der Waals surface area contributed by atoms with Gasteiger partial charge in [0.2, 0.25) is 5.91 Å². The number of hydrogen-bond acceptors (Lipinski definition) is 8. The van der Waals surface area contributed by atoms with Crippen LogP contribution in [0.2, 0.25) is 0 Å². The Hall–Kier alpha value is -3.44. The minimum Gasteiger partial charge on any atom is -0.471 e. The standard InChI is InChI=1S/C22H24FN3O7/c23-19-9-16(26-10-17(33-22(26)30)13-31-20-5-8-32-24-20)1-2-18(19)14-3-6-25(7-4-14)21(29)15(11-27)12-28/h1-3,5,8-9,15,17,27-28H,4,6-7,10-13H2/t17-/m1/s1. The van der Waals surface area contributed by atoms with E-state index in [1.807, 2.05) is 0 Å². The average Bonchev–Trinajstić information content (AvgIpc) is 3.48. The average molecular weight is 461 g/mol. The fourth-order valence-electron chi connectivity index (χ4n) is 3.79. The summed E-state index contributed by atoms with van der Waals surface area (Å²) in [6.07, 6.45) is 2.42. The molecule has 4 rings (SSSR count). The van der Waals surface area contributed by atoms with Gasteiger partial charge < -0.3 is 29.1 Å². The van der Waals surface area contributed by atoms with Crippen LogP contribution in [0.1, 0.15) is 12.0 Å². The first-order valence-electron chi connectivity index (χ1n) is 10.5. The molecule has 1 atom stereocenters. The predicted octanol–water partition coefficient (Wildman–Crippen LogP) is 1.43. The second-order valence-corrected chi connectivity index (χ2v) is 7.75. The molecule has 2 aliphatic heterocycles. The monoisotopic (exact) mass is 461 g/mol. The first-order chi connectivity index (χ1) is 16.0. The van der Waals surface area contributed by atoms with Crippen LogP contribution in [0.5, 0.6) is 5.88 Å². The molecule has 2 aromatic rings. The van der Waals surface area contributed by atoms with Crippen LogP contribution in [0.15, 0.2) is 41.1 Å². The van der Waals surface area contributed by atoms with Crippen LogP contribution in [0.4, 0.5) is 14.9 Å². The number of aliphatic hydroxyl groups excluding tert-OH is 2. The molecule has 0 bridgehead atoms. The van der Waals surface area contributed by atoms with Gasteiger partial charge in [0, 0.05) is 24.7 Å². The molecule has 0 unspecified atom stereocenters. The van der Waals surface area contributed by atoms with Gasteiger partial charge in [0.15, 0.2) is 6.10 Å². The summed E-state index contributed by atoms with van der Waals surface area (Å²) in [7, 11) is 0. The summed E-state index contributed by atoms with van der Waals surface area (Å²) in [5, 5.41) is 22.0. The SMILES string of the molecule is O=C(C(CO)CO)N1CC=C(c2ccc(N3C[C@H](COc4ccon4)OC3=O)cc2F)CC1. The lowest BCUT2D eigenvalue weighted by Gasteiger charge is -2.29. The normalized spacial score (nSPS) is 18.5. The van der Waals surface area contributed by atoms with Crippen LogP contribution in [-0.4, -0.2) is 77.8 Å². The Balaban J connectivity index is 1.39. The Morgan fingerprint density at radius 2 is 2.12 bits per heavy atom. The fourth-order valence-corrected chi connectivity index (χ4v) is 3.79. The second-order valence-electron chi connectivity index (χ2n) is 7.75. The Bertz CT molecular complexity index is 1020. The van der Waals surface area contributed by atoms with Crippen molar-refractivity contribution in [3.8, 4) is 5.88 Å². The van der Waals surface area contributed by atoms with Crippen molar-refractivity contribution in [1.29, 1.82) is 0 Å². The summed E-state index contributed by atoms with van der Waals surface area (Å²) >= 11 is 0. The third-order valence-corrected chi connectivity index (χ3v) is 5.63. The highest BCUT2D eigenvalue weighted by Crippen LogP contribution is 2.30. The molecule has 1 saturated heterocycles. The van der Waals surface area contributed by atoms with Gasteiger partial charge in [0.05, 0.1) is 31.4 Å². The number of aromatic nitrogens is 1. The zero-order chi connectivity index (χ0) is 23.4. The number of carbonyl (C=O) groups is 2. The molecular formula is C22H24FN3O7. The minimum absolute atomic E-state index is 0.0882. The van der Waals surface area contributed by atoms with E-state index < -0.39 is 37.1 Å². The lowest BCUT2D eigenvalue weighted by molar-refractivity contribution is -0.137. The maximum absolute atomic E-state index is 14.9. The number of aliphatic hydroxyl groups is 2. The van der Waals surface area contributed by atoms with E-state index in [0.29, 0.717) is 24.2 Å². The maximum atomic E-state index is 14.9. The molecule has 0 spiro atoms. The van der Waals surface area contributed by atoms with Crippen molar-refractivity contribution in [2.45, 2.75) is 12.5 Å². The summed E-state index contributed by atoms with van der Waals surface area (Å²) in [6.45, 7) is 0.0533. The van der Waals surface area contributed by atoms with Crippen molar-refractivity contribution in [3.05, 3.63) is 48.0 Å². The van der Waals surface area contributed by atoms with E-state index in [1.165, 1.54) is 28.2 Å². The number of carbonyl (C=O) groups excluding carboxylic acids is 2. The lowest BCUT2D eigenvalue weighted by atomic mass is 9.97. The molecule has 0 saturated carbocycles. The van der Waals surface area contributed by atoms with Gasteiger partial charge in [-0.25, -0.2) is 9.18 Å². The number of halogens is 1. The molecule has 0 aliphatic carbocycles. The summed E-state index contributed by atoms with van der Waals surface area (Å²) in [4.78, 5) is 27.4. The van der Waals surface area contributed by atoms with Gasteiger partial charge in [-0.05, 0) is 35.3 Å². The smallest absolute Gasteiger partial charge is 0.414 e. The van der Waals surface area contributed by atoms with Gasteiger partial charge in [-0.1, -0.05) is 6.08 Å². The molecule has 33 heavy (non-hydrogen) atoms. The van der Waals surface area contributed by atoms with Crippen LogP contribution in [0.25, 0.3) is 5.57 Å². The first-order valence-corrected chi connectivity index (χ1v) is 10.5. The zero-order valence-corrected chi connectivity index (χ0v) is 17.7. The maximum Gasteiger partial charge on any atom is 0.414 e. The largest absolute Gasteiger partial charge is 0.471 e. The number of ether oxygens (including phenoxy) is 2. The van der Waals surface area contributed by atoms with E-state index >= 15 is 0 Å². The Labute approximate surface area is 188 Å². The molecule has 1 fully saturated rings. The number of amides is 2. The van der Waals surface area contributed by atoms with E-state index in [1.54, 1.807) is 18.2 Å². The highest BCUT2D eigenvalue weighted by molar-refractivity contribution is 5.90. The number of hydrogen-bond donors (Lipinski definition) is 2. The van der Waals surface area contributed by atoms with E-state index in [9.17, 15) is 24.2 Å². The Kier molecular flexibility index (Phi) is 6.90. The van der Waals surface area contributed by atoms with Gasteiger partial charge in [-0.15, -0.1) is 0 Å². The highest BCUT2D eigenvalue weighted by Gasteiger charge is 2.33. The van der Waals surface area contributed by atoms with Crippen LogP contribution < -0.4 is 9.64 Å². The van der Waals surface area contributed by atoms with Gasteiger partial charge in [0.25, 0.3) is 5.88 Å². The number of nitrogens with zero attached hydrogens (tertiary/aromatic N) is 3. The van der Waals surface area contributed by atoms with Crippen LogP contribution in [-0.2, 0) is 9.53 Å². The topological polar surface area (TPSA) is 126 Å². The van der Waals surface area contributed by atoms with E-state index in [-0.39, 0.29) is 31.5 Å². The van der Waals surface area contributed by atoms with Crippen LogP contribution in [0.3, 0.4) is 0 Å². The zero-order valence-electron chi connectivity index (χ0n) is 17.7. The molecule has 0 radical (unpaired) electrons. The van der Waals surface area contributed by atoms with Crippen molar-refractivity contribution in [3.63, 3.8) is 0 Å². The van der Waals surface area contributed by atoms with Gasteiger partial charge in [-0.3, -0.25) is 9.69 Å². The number of cyclic esters (lactones) is 1. The summed E-state index contributed by atoms with van der Waals surface area (Å²) in [5.41, 5.74) is 1.51. The van der Waals surface area contributed by atoms with Crippen molar-refractivity contribution in [2.75, 3.05) is 44.4 Å². The first kappa shape index (κ1) is 22.7. The molecule has 3 heterocycles. The summed E-state index contributed by atoms with van der Waals surface area (Å²) < 4.78 is 30.3. The van der Waals surface area contributed by atoms with E-state index in [0.717, 1.165) is 5.57 Å². The fraction of sp³-hybridized carbons (Fsp3) is 0.409. The lowest BCUT2D eigenvalue weighted by Crippen LogP contribution is -2.41. The number of rotatable bonds is 8. The minimum atomic E-state index is -0.846. The Morgan fingerprint density at radius 1 is 1.30 bits per heavy atom. The van der Waals surface area contributed by atoms with E-state index in [4.69, 9.17) is 9.47 Å². The summed E-state index contributed by atoms with van der Waals surface area (Å²) in [6, 6.07) is 6.07.